The van der Waals surface area contributed by atoms with Crippen LogP contribution in [0.3, 0.4) is 0 Å². The molecule has 4 nitrogen and oxygen atoms in total. The molecule has 0 radical (unpaired) electrons. The first-order valence-corrected chi connectivity index (χ1v) is 7.31. The van der Waals surface area contributed by atoms with Gasteiger partial charge in [0.25, 0.3) is 0 Å². The van der Waals surface area contributed by atoms with Crippen LogP contribution in [0.1, 0.15) is 48.7 Å². The summed E-state index contributed by atoms with van der Waals surface area (Å²) in [6.07, 6.45) is 7.83. The quantitative estimate of drug-likeness (QED) is 0.675. The van der Waals surface area contributed by atoms with E-state index in [-0.39, 0.29) is 5.97 Å². The number of aromatic nitrogens is 1. The van der Waals surface area contributed by atoms with Gasteiger partial charge in [0.05, 0.1) is 13.3 Å². The predicted molar refractivity (Wildman–Crippen MR) is 73.1 cm³/mol. The van der Waals surface area contributed by atoms with E-state index in [1.807, 2.05) is 0 Å². The molecule has 2 atom stereocenters. The van der Waals surface area contributed by atoms with Crippen molar-refractivity contribution >= 4 is 22.4 Å². The van der Waals surface area contributed by atoms with Gasteiger partial charge in [-0.25, -0.2) is 9.78 Å². The smallest absolute Gasteiger partial charge is 0.349 e. The number of thiazole rings is 1. The number of nitrogens with one attached hydrogen (secondary N) is 1. The minimum atomic E-state index is -0.310. The average molecular weight is 268 g/mol. The molecule has 1 aliphatic carbocycles. The second-order valence-corrected chi connectivity index (χ2v) is 6.01. The van der Waals surface area contributed by atoms with Gasteiger partial charge in [0.2, 0.25) is 0 Å². The molecule has 18 heavy (non-hydrogen) atoms. The Morgan fingerprint density at radius 1 is 1.44 bits per heavy atom. The molecule has 0 bridgehead atoms. The van der Waals surface area contributed by atoms with Crippen LogP contribution in [-0.4, -0.2) is 24.1 Å². The molecule has 0 spiro atoms. The molecule has 0 saturated heterocycles. The van der Waals surface area contributed by atoms with Crippen molar-refractivity contribution in [1.82, 2.24) is 4.98 Å². The topological polar surface area (TPSA) is 51.2 Å². The lowest BCUT2D eigenvalue weighted by Gasteiger charge is -2.15. The number of carbonyl (C=O) groups excluding carboxylic acids is 1. The fourth-order valence-electron chi connectivity index (χ4n) is 2.34. The summed E-state index contributed by atoms with van der Waals surface area (Å²) in [5.41, 5.74) is 0. The van der Waals surface area contributed by atoms with E-state index in [1.54, 1.807) is 6.20 Å². The van der Waals surface area contributed by atoms with Gasteiger partial charge in [0.1, 0.15) is 4.88 Å². The molecule has 1 fully saturated rings. The van der Waals surface area contributed by atoms with Crippen molar-refractivity contribution in [3.63, 3.8) is 0 Å². The van der Waals surface area contributed by atoms with Crippen LogP contribution in [0.2, 0.25) is 0 Å². The number of esters is 1. The molecule has 0 aromatic carbocycles. The summed E-state index contributed by atoms with van der Waals surface area (Å²) in [6.45, 7) is 2.32. The molecule has 0 aliphatic heterocycles. The highest BCUT2D eigenvalue weighted by molar-refractivity contribution is 7.17. The zero-order valence-corrected chi connectivity index (χ0v) is 11.8. The van der Waals surface area contributed by atoms with Crippen molar-refractivity contribution in [3.8, 4) is 0 Å². The van der Waals surface area contributed by atoms with E-state index < -0.39 is 0 Å². The first-order chi connectivity index (χ1) is 8.69. The fraction of sp³-hybridized carbons (Fsp3) is 0.692. The molecule has 1 N–H and O–H groups in total. The molecule has 1 saturated carbocycles. The van der Waals surface area contributed by atoms with Crippen LogP contribution in [0.25, 0.3) is 0 Å². The van der Waals surface area contributed by atoms with E-state index in [1.165, 1.54) is 50.6 Å². The minimum absolute atomic E-state index is 0.310. The van der Waals surface area contributed by atoms with Crippen LogP contribution >= 0.6 is 11.3 Å². The summed E-state index contributed by atoms with van der Waals surface area (Å²) in [4.78, 5) is 16.1. The van der Waals surface area contributed by atoms with Gasteiger partial charge in [-0.3, -0.25) is 0 Å². The van der Waals surface area contributed by atoms with Gasteiger partial charge in [-0.1, -0.05) is 31.1 Å². The minimum Gasteiger partial charge on any atom is -0.465 e. The first kappa shape index (κ1) is 13.3. The second kappa shape index (κ2) is 6.18. The fourth-order valence-corrected chi connectivity index (χ4v) is 3.15. The zero-order chi connectivity index (χ0) is 13.0. The number of hydrogen-bond acceptors (Lipinski definition) is 5. The summed E-state index contributed by atoms with van der Waals surface area (Å²) in [7, 11) is 1.39. The molecule has 5 heteroatoms. The number of methoxy groups -OCH3 is 1. The lowest BCUT2D eigenvalue weighted by Crippen LogP contribution is -2.18. The number of rotatable bonds is 3. The third-order valence-electron chi connectivity index (χ3n) is 3.48. The Kier molecular flexibility index (Phi) is 4.58. The summed E-state index contributed by atoms with van der Waals surface area (Å²) in [5.74, 6) is 0.522. The first-order valence-electron chi connectivity index (χ1n) is 6.49. The lowest BCUT2D eigenvalue weighted by atomic mass is 10.0. The Morgan fingerprint density at radius 2 is 2.28 bits per heavy atom. The van der Waals surface area contributed by atoms with E-state index in [9.17, 15) is 4.79 Å². The second-order valence-electron chi connectivity index (χ2n) is 4.98. The van der Waals surface area contributed by atoms with Gasteiger partial charge in [-0.05, 0) is 25.2 Å². The van der Waals surface area contributed by atoms with Gasteiger partial charge >= 0.3 is 5.97 Å². The summed E-state index contributed by atoms with van der Waals surface area (Å²) in [6, 6.07) is 0.492. The molecule has 1 aromatic heterocycles. The number of anilines is 1. The number of nitrogens with zero attached hydrogens (tertiary/aromatic N) is 1. The molecule has 2 rings (SSSR count). The van der Waals surface area contributed by atoms with Crippen molar-refractivity contribution in [3.05, 3.63) is 11.1 Å². The van der Waals surface area contributed by atoms with Gasteiger partial charge in [-0.15, -0.1) is 0 Å². The molecular weight excluding hydrogens is 248 g/mol. The molecule has 2 unspecified atom stereocenters. The summed E-state index contributed by atoms with van der Waals surface area (Å²) >= 11 is 1.37. The van der Waals surface area contributed by atoms with Crippen LogP contribution in [0.15, 0.2) is 6.20 Å². The molecule has 100 valence electrons. The maximum Gasteiger partial charge on any atom is 0.349 e. The molecule has 1 aliphatic rings. The summed E-state index contributed by atoms with van der Waals surface area (Å²) < 4.78 is 4.68. The van der Waals surface area contributed by atoms with Crippen molar-refractivity contribution < 1.29 is 9.53 Å². The highest BCUT2D eigenvalue weighted by atomic mass is 32.1. The van der Waals surface area contributed by atoms with E-state index in [2.05, 4.69) is 22.0 Å². The Morgan fingerprint density at radius 3 is 3.06 bits per heavy atom. The van der Waals surface area contributed by atoms with Crippen molar-refractivity contribution in [2.45, 2.75) is 45.1 Å². The van der Waals surface area contributed by atoms with Crippen molar-refractivity contribution in [2.75, 3.05) is 12.4 Å². The van der Waals surface area contributed by atoms with Gasteiger partial charge < -0.3 is 10.1 Å². The number of ether oxygens (including phenoxy) is 1. The normalized spacial score (nSPS) is 24.3. The lowest BCUT2D eigenvalue weighted by molar-refractivity contribution is 0.0606. The largest absolute Gasteiger partial charge is 0.465 e. The van der Waals surface area contributed by atoms with E-state index in [0.717, 1.165) is 11.0 Å². The van der Waals surface area contributed by atoms with Gasteiger partial charge in [-0.2, -0.15) is 0 Å². The Labute approximate surface area is 112 Å². The highest BCUT2D eigenvalue weighted by Gasteiger charge is 2.18. The predicted octanol–water partition coefficient (Wildman–Crippen LogP) is 3.31. The Balaban J connectivity index is 1.92. The maximum absolute atomic E-state index is 11.3. The monoisotopic (exact) mass is 268 g/mol. The zero-order valence-electron chi connectivity index (χ0n) is 10.9. The number of carbonyl (C=O) groups is 1. The van der Waals surface area contributed by atoms with E-state index >= 15 is 0 Å². The van der Waals surface area contributed by atoms with Crippen LogP contribution in [0.4, 0.5) is 5.13 Å². The molecule has 1 aromatic rings. The molecular formula is C13H20N2O2S. The van der Waals surface area contributed by atoms with Crippen LogP contribution < -0.4 is 5.32 Å². The Hall–Kier alpha value is -1.10. The Bertz CT molecular complexity index is 405. The van der Waals surface area contributed by atoms with E-state index in [0.29, 0.717) is 10.9 Å². The third kappa shape index (κ3) is 3.45. The highest BCUT2D eigenvalue weighted by Crippen LogP contribution is 2.26. The van der Waals surface area contributed by atoms with Crippen LogP contribution in [0, 0.1) is 5.92 Å². The third-order valence-corrected chi connectivity index (χ3v) is 4.39. The van der Waals surface area contributed by atoms with E-state index in [4.69, 9.17) is 0 Å². The van der Waals surface area contributed by atoms with Gasteiger partial charge in [0, 0.05) is 6.04 Å². The van der Waals surface area contributed by atoms with Crippen molar-refractivity contribution in [2.24, 2.45) is 5.92 Å². The maximum atomic E-state index is 11.3. The standard InChI is InChI=1S/C13H20N2O2S/c1-9-4-3-5-10(7-6-9)15-13-14-8-11(18-13)12(16)17-2/h8-10H,3-7H2,1-2H3,(H,14,15). The number of hydrogen-bond donors (Lipinski definition) is 1. The van der Waals surface area contributed by atoms with Crippen LogP contribution in [0.5, 0.6) is 0 Å². The van der Waals surface area contributed by atoms with Crippen LogP contribution in [-0.2, 0) is 4.74 Å². The molecule has 0 amide bonds. The van der Waals surface area contributed by atoms with Crippen molar-refractivity contribution in [1.29, 1.82) is 0 Å². The summed E-state index contributed by atoms with van der Waals surface area (Å²) in [5, 5.41) is 4.27. The molecule has 1 heterocycles. The SMILES string of the molecule is COC(=O)c1cnc(NC2CCCC(C)CC2)s1. The van der Waals surface area contributed by atoms with Gasteiger partial charge in [0.15, 0.2) is 5.13 Å². The average Bonchev–Trinajstić information content (AvgIpc) is 2.73.